The second-order valence-electron chi connectivity index (χ2n) is 10.5. The van der Waals surface area contributed by atoms with Crippen LogP contribution in [0, 0.1) is 25.3 Å². The van der Waals surface area contributed by atoms with Gasteiger partial charge in [-0.2, -0.15) is 0 Å². The zero-order valence-electron chi connectivity index (χ0n) is 20.2. The van der Waals surface area contributed by atoms with Gasteiger partial charge in [-0.3, -0.25) is 4.58 Å². The quantitative estimate of drug-likeness (QED) is 0.167. The summed E-state index contributed by atoms with van der Waals surface area (Å²) in [5, 5.41) is 2.65. The molecule has 0 bridgehead atoms. The van der Waals surface area contributed by atoms with E-state index in [0.29, 0.717) is 0 Å². The average Bonchev–Trinajstić information content (AvgIpc) is 3.10. The van der Waals surface area contributed by atoms with E-state index in [-0.39, 0.29) is 5.41 Å². The van der Waals surface area contributed by atoms with E-state index in [4.69, 9.17) is 0 Å². The highest BCUT2D eigenvalue weighted by Crippen LogP contribution is 2.40. The SMILES string of the molecule is C=[N+]1C=CC(CC(C)(C)C)=C[C-]1c1cc2c(cc1C)[s+][c-]1cc(-c3ccc(C)cc3)ccc21. The Hall–Kier alpha value is -3.10. The number of aryl methyl sites for hydroxylation is 2. The van der Waals surface area contributed by atoms with E-state index in [1.165, 1.54) is 59.6 Å². The lowest BCUT2D eigenvalue weighted by Gasteiger charge is -2.26. The third-order valence-corrected chi connectivity index (χ3v) is 7.43. The number of hydrogen-bond acceptors (Lipinski definition) is 0. The fourth-order valence-electron chi connectivity index (χ4n) is 4.65. The van der Waals surface area contributed by atoms with Gasteiger partial charge in [-0.25, -0.2) is 0 Å². The van der Waals surface area contributed by atoms with Gasteiger partial charge in [0, 0.05) is 0 Å². The Balaban J connectivity index is 1.59. The summed E-state index contributed by atoms with van der Waals surface area (Å²) in [4.78, 5) is 0. The molecule has 0 radical (unpaired) electrons. The first-order chi connectivity index (χ1) is 15.7. The molecule has 0 aliphatic carbocycles. The number of hydrogen-bond donors (Lipinski definition) is 0. The third kappa shape index (κ3) is 4.28. The van der Waals surface area contributed by atoms with Crippen LogP contribution in [0.1, 0.15) is 43.9 Å². The van der Waals surface area contributed by atoms with Crippen LogP contribution in [-0.2, 0) is 0 Å². The Kier molecular flexibility index (Phi) is 5.29. The van der Waals surface area contributed by atoms with Gasteiger partial charge < -0.3 is 0 Å². The van der Waals surface area contributed by atoms with Crippen LogP contribution >= 0.6 is 11.3 Å². The number of benzene rings is 3. The first-order valence-electron chi connectivity index (χ1n) is 11.6. The number of nitrogens with zero attached hydrogens (tertiary/aromatic N) is 1. The summed E-state index contributed by atoms with van der Waals surface area (Å²) < 4.78 is 4.68. The lowest BCUT2D eigenvalue weighted by atomic mass is 9.85. The van der Waals surface area contributed by atoms with Crippen LogP contribution in [-0.4, -0.2) is 11.3 Å². The molecular formula is C31H31NS. The number of fused-ring (bicyclic) bond motifs is 3. The summed E-state index contributed by atoms with van der Waals surface area (Å²) in [6.07, 6.45) is 7.66. The van der Waals surface area contributed by atoms with Crippen molar-refractivity contribution >= 4 is 38.2 Å². The molecule has 1 aliphatic rings. The minimum Gasteiger partial charge on any atom is -0.255 e. The summed E-state index contributed by atoms with van der Waals surface area (Å²) in [6, 6.07) is 21.6. The van der Waals surface area contributed by atoms with Crippen LogP contribution in [0.15, 0.2) is 78.5 Å². The van der Waals surface area contributed by atoms with Gasteiger partial charge in [-0.1, -0.05) is 109 Å². The molecule has 2 heteroatoms. The van der Waals surface area contributed by atoms with Crippen molar-refractivity contribution in [2.75, 3.05) is 0 Å². The van der Waals surface area contributed by atoms with Gasteiger partial charge in [0.2, 0.25) is 0 Å². The Morgan fingerprint density at radius 1 is 0.970 bits per heavy atom. The molecular weight excluding hydrogens is 418 g/mol. The van der Waals surface area contributed by atoms with Crippen molar-refractivity contribution in [3.05, 3.63) is 101 Å². The molecule has 0 amide bonds. The maximum atomic E-state index is 4.28. The molecule has 0 N–H and O–H groups in total. The predicted molar refractivity (Wildman–Crippen MR) is 145 cm³/mol. The molecule has 0 saturated heterocycles. The van der Waals surface area contributed by atoms with Crippen molar-refractivity contribution in [1.29, 1.82) is 0 Å². The molecule has 0 fully saturated rings. The van der Waals surface area contributed by atoms with Gasteiger partial charge in [0.15, 0.2) is 4.70 Å². The average molecular weight is 450 g/mol. The van der Waals surface area contributed by atoms with E-state index in [2.05, 4.69) is 114 Å². The Morgan fingerprint density at radius 3 is 2.42 bits per heavy atom. The molecule has 1 nitrogen and oxygen atoms in total. The molecule has 1 aliphatic heterocycles. The van der Waals surface area contributed by atoms with Crippen molar-refractivity contribution in [2.45, 2.75) is 41.0 Å². The first-order valence-corrected chi connectivity index (χ1v) is 12.4. The molecule has 3 aromatic carbocycles. The summed E-state index contributed by atoms with van der Waals surface area (Å²) in [5.41, 5.74) is 7.99. The molecule has 1 aromatic heterocycles. The van der Waals surface area contributed by atoms with Crippen LogP contribution in [0.2, 0.25) is 0 Å². The normalized spacial score (nSPS) is 14.4. The van der Waals surface area contributed by atoms with Gasteiger partial charge >= 0.3 is 0 Å². The summed E-state index contributed by atoms with van der Waals surface area (Å²) >= 11 is 1.88. The van der Waals surface area contributed by atoms with Crippen molar-refractivity contribution in [2.24, 2.45) is 5.41 Å². The topological polar surface area (TPSA) is 3.01 Å². The zero-order valence-corrected chi connectivity index (χ0v) is 21.0. The van der Waals surface area contributed by atoms with Gasteiger partial charge in [-0.05, 0) is 30.4 Å². The van der Waals surface area contributed by atoms with Crippen molar-refractivity contribution < 1.29 is 4.58 Å². The lowest BCUT2D eigenvalue weighted by Crippen LogP contribution is -2.17. The van der Waals surface area contributed by atoms with E-state index in [9.17, 15) is 0 Å². The van der Waals surface area contributed by atoms with Crippen LogP contribution in [0.4, 0.5) is 0 Å². The van der Waals surface area contributed by atoms with Crippen molar-refractivity contribution in [3.63, 3.8) is 0 Å². The fraction of sp³-hybridized carbons (Fsp3) is 0.226. The molecule has 0 saturated carbocycles. The monoisotopic (exact) mass is 449 g/mol. The second-order valence-corrected chi connectivity index (χ2v) is 11.6. The molecule has 0 atom stereocenters. The standard InChI is InChI=1S/C31H31NS/c1-20-7-9-23(10-8-20)24-11-12-25-27-18-26(21(2)15-29(27)33-30(25)17-24)28-16-22(13-14-32(28)6)19-31(3,4)5/h7-18H,6,19H2,1-5H3. The van der Waals surface area contributed by atoms with E-state index >= 15 is 0 Å². The largest absolute Gasteiger partial charge is 0.255 e. The van der Waals surface area contributed by atoms with Crippen LogP contribution in [0.3, 0.4) is 0 Å². The smallest absolute Gasteiger partial charge is 0.159 e. The molecule has 166 valence electrons. The Bertz CT molecular complexity index is 1440. The van der Waals surface area contributed by atoms with Crippen LogP contribution in [0.5, 0.6) is 0 Å². The molecule has 33 heavy (non-hydrogen) atoms. The van der Waals surface area contributed by atoms with E-state index in [1.54, 1.807) is 0 Å². The lowest BCUT2D eigenvalue weighted by molar-refractivity contribution is -0.418. The number of allylic oxidation sites excluding steroid dienone is 2. The zero-order chi connectivity index (χ0) is 23.3. The summed E-state index contributed by atoms with van der Waals surface area (Å²) in [5.74, 6) is 0. The second kappa shape index (κ2) is 8.04. The highest BCUT2D eigenvalue weighted by Gasteiger charge is 2.22. The van der Waals surface area contributed by atoms with Crippen molar-refractivity contribution in [1.82, 2.24) is 0 Å². The highest BCUT2D eigenvalue weighted by atomic mass is 32.1. The third-order valence-electron chi connectivity index (χ3n) is 6.31. The van der Waals surface area contributed by atoms with Gasteiger partial charge in [0.05, 0.1) is 6.72 Å². The predicted octanol–water partition coefficient (Wildman–Crippen LogP) is 8.82. The van der Waals surface area contributed by atoms with Crippen LogP contribution < -0.4 is 0 Å². The molecule has 2 heterocycles. The van der Waals surface area contributed by atoms with Gasteiger partial charge in [0.25, 0.3) is 0 Å². The first kappa shape index (κ1) is 21.7. The molecule has 0 unspecified atom stereocenters. The summed E-state index contributed by atoms with van der Waals surface area (Å²) in [7, 11) is 0. The Morgan fingerprint density at radius 2 is 1.70 bits per heavy atom. The van der Waals surface area contributed by atoms with Crippen LogP contribution in [0.25, 0.3) is 31.3 Å². The van der Waals surface area contributed by atoms with E-state index < -0.39 is 0 Å². The van der Waals surface area contributed by atoms with Gasteiger partial charge in [-0.15, -0.1) is 18.2 Å². The highest BCUT2D eigenvalue weighted by molar-refractivity contribution is 7.25. The summed E-state index contributed by atoms with van der Waals surface area (Å²) in [6.45, 7) is 15.5. The molecule has 4 aromatic rings. The Labute approximate surface area is 201 Å². The number of rotatable bonds is 3. The minimum absolute atomic E-state index is 0.252. The van der Waals surface area contributed by atoms with Gasteiger partial charge in [0.1, 0.15) is 28.3 Å². The molecule has 0 spiro atoms. The van der Waals surface area contributed by atoms with Crippen molar-refractivity contribution in [3.8, 4) is 11.1 Å². The van der Waals surface area contributed by atoms with E-state index in [0.717, 1.165) is 6.42 Å². The number of thiophene rings is 1. The maximum absolute atomic E-state index is 4.28. The maximum Gasteiger partial charge on any atom is 0.159 e. The fourth-order valence-corrected chi connectivity index (χ4v) is 5.88. The minimum atomic E-state index is 0.252. The van der Waals surface area contributed by atoms with E-state index in [1.807, 2.05) is 15.9 Å². The molecule has 5 rings (SSSR count).